The third kappa shape index (κ3) is 3.54. The number of benzene rings is 1. The summed E-state index contributed by atoms with van der Waals surface area (Å²) in [7, 11) is 0. The van der Waals surface area contributed by atoms with Gasteiger partial charge in [0.1, 0.15) is 0 Å². The lowest BCUT2D eigenvalue weighted by Crippen LogP contribution is -2.40. The maximum atomic E-state index is 12.0. The van der Waals surface area contributed by atoms with E-state index in [1.54, 1.807) is 4.90 Å². The van der Waals surface area contributed by atoms with E-state index in [0.717, 1.165) is 0 Å². The molecule has 1 fully saturated rings. The summed E-state index contributed by atoms with van der Waals surface area (Å²) >= 11 is 0. The number of nitrogens with one attached hydrogen (secondary N) is 1. The van der Waals surface area contributed by atoms with Crippen molar-refractivity contribution in [3.63, 3.8) is 0 Å². The fraction of sp³-hybridized carbons (Fsp3) is 0.385. The van der Waals surface area contributed by atoms with Gasteiger partial charge in [0.2, 0.25) is 5.91 Å². The summed E-state index contributed by atoms with van der Waals surface area (Å²) in [5, 5.41) is 13.4. The molecule has 2 amide bonds. The number of nitrogens with two attached hydrogens (primary N) is 1. The molecule has 0 radical (unpaired) electrons. The van der Waals surface area contributed by atoms with Gasteiger partial charge in [-0.15, -0.1) is 0 Å². The highest BCUT2D eigenvalue weighted by Gasteiger charge is 2.26. The first-order chi connectivity index (χ1) is 10.0. The fourth-order valence-corrected chi connectivity index (χ4v) is 2.24. The Bertz CT molecular complexity index is 558. The molecule has 1 aliphatic heterocycles. The monoisotopic (exact) mass is 292 g/mol. The second-order valence-corrected chi connectivity index (χ2v) is 4.81. The number of amides is 2. The van der Waals surface area contributed by atoms with E-state index in [0.29, 0.717) is 25.1 Å². The Hall–Kier alpha value is -2.48. The summed E-state index contributed by atoms with van der Waals surface area (Å²) < 4.78 is 0. The zero-order valence-electron chi connectivity index (χ0n) is 11.3. The summed E-state index contributed by atoms with van der Waals surface area (Å²) in [4.78, 5) is 35.1. The average Bonchev–Trinajstić information content (AvgIpc) is 2.95. The fourth-order valence-electron chi connectivity index (χ4n) is 2.24. The second-order valence-electron chi connectivity index (χ2n) is 4.81. The normalized spacial score (nSPS) is 17.6. The van der Waals surface area contributed by atoms with Crippen molar-refractivity contribution in [2.24, 2.45) is 5.73 Å². The van der Waals surface area contributed by atoms with Crippen LogP contribution in [0.5, 0.6) is 0 Å². The first-order valence-corrected chi connectivity index (χ1v) is 6.54. The zero-order chi connectivity index (χ0) is 15.4. The van der Waals surface area contributed by atoms with E-state index >= 15 is 0 Å². The molecular weight excluding hydrogens is 276 g/mol. The Labute approximate surface area is 121 Å². The molecule has 1 aromatic rings. The van der Waals surface area contributed by atoms with E-state index in [1.807, 2.05) is 0 Å². The van der Waals surface area contributed by atoms with Crippen LogP contribution in [0.1, 0.15) is 16.8 Å². The van der Waals surface area contributed by atoms with Crippen molar-refractivity contribution in [3.8, 4) is 0 Å². The minimum absolute atomic E-state index is 0.0387. The van der Waals surface area contributed by atoms with E-state index < -0.39 is 4.92 Å². The van der Waals surface area contributed by atoms with Gasteiger partial charge in [-0.25, -0.2) is 0 Å². The van der Waals surface area contributed by atoms with Crippen molar-refractivity contribution in [2.45, 2.75) is 12.5 Å². The quantitative estimate of drug-likeness (QED) is 0.592. The Kier molecular flexibility index (Phi) is 4.49. The topological polar surface area (TPSA) is 119 Å². The van der Waals surface area contributed by atoms with Crippen molar-refractivity contribution in [1.82, 2.24) is 10.2 Å². The highest BCUT2D eigenvalue weighted by Crippen LogP contribution is 2.13. The van der Waals surface area contributed by atoms with E-state index in [2.05, 4.69) is 5.32 Å². The number of likely N-dealkylation sites (tertiary alicyclic amines) is 1. The molecule has 21 heavy (non-hydrogen) atoms. The van der Waals surface area contributed by atoms with Crippen LogP contribution < -0.4 is 11.1 Å². The van der Waals surface area contributed by atoms with Gasteiger partial charge < -0.3 is 16.0 Å². The van der Waals surface area contributed by atoms with E-state index in [1.165, 1.54) is 24.3 Å². The summed E-state index contributed by atoms with van der Waals surface area (Å²) in [5.41, 5.74) is 5.58. The maximum Gasteiger partial charge on any atom is 0.269 e. The van der Waals surface area contributed by atoms with Gasteiger partial charge >= 0.3 is 0 Å². The SMILES string of the molecule is NCC(=O)N1CCC(NC(=O)c2ccc([N+](=O)[O-])cc2)C1. The third-order valence-electron chi connectivity index (χ3n) is 3.39. The molecule has 1 unspecified atom stereocenters. The van der Waals surface area contributed by atoms with Crippen molar-refractivity contribution in [2.75, 3.05) is 19.6 Å². The van der Waals surface area contributed by atoms with Crippen molar-refractivity contribution in [1.29, 1.82) is 0 Å². The van der Waals surface area contributed by atoms with Crippen LogP contribution in [0.25, 0.3) is 0 Å². The molecule has 1 aliphatic rings. The Morgan fingerprint density at radius 3 is 2.62 bits per heavy atom. The van der Waals surface area contributed by atoms with Gasteiger partial charge in [0.15, 0.2) is 0 Å². The van der Waals surface area contributed by atoms with Crippen LogP contribution in [0.3, 0.4) is 0 Å². The minimum Gasteiger partial charge on any atom is -0.347 e. The first kappa shape index (κ1) is 14.9. The van der Waals surface area contributed by atoms with E-state index in [-0.39, 0.29) is 30.1 Å². The lowest BCUT2D eigenvalue weighted by atomic mass is 10.1. The summed E-state index contributed by atoms with van der Waals surface area (Å²) in [6, 6.07) is 5.26. The molecule has 2 rings (SSSR count). The van der Waals surface area contributed by atoms with Gasteiger partial charge in [-0.3, -0.25) is 19.7 Å². The highest BCUT2D eigenvalue weighted by atomic mass is 16.6. The Morgan fingerprint density at radius 1 is 1.38 bits per heavy atom. The van der Waals surface area contributed by atoms with Crippen LogP contribution in [0.2, 0.25) is 0 Å². The number of nitrogens with zero attached hydrogens (tertiary/aromatic N) is 2. The van der Waals surface area contributed by atoms with Crippen LogP contribution in [0, 0.1) is 10.1 Å². The molecule has 1 saturated heterocycles. The number of carbonyl (C=O) groups is 2. The predicted octanol–water partition coefficient (Wildman–Crippen LogP) is -0.116. The van der Waals surface area contributed by atoms with Crippen molar-refractivity contribution < 1.29 is 14.5 Å². The molecule has 3 N–H and O–H groups in total. The average molecular weight is 292 g/mol. The van der Waals surface area contributed by atoms with Gasteiger partial charge in [0, 0.05) is 36.8 Å². The van der Waals surface area contributed by atoms with E-state index in [9.17, 15) is 19.7 Å². The van der Waals surface area contributed by atoms with Crippen LogP contribution in [0.4, 0.5) is 5.69 Å². The molecular formula is C13H16N4O4. The smallest absolute Gasteiger partial charge is 0.269 e. The molecule has 0 bridgehead atoms. The molecule has 0 aromatic heterocycles. The largest absolute Gasteiger partial charge is 0.347 e. The van der Waals surface area contributed by atoms with Crippen LogP contribution >= 0.6 is 0 Å². The standard InChI is InChI=1S/C13H16N4O4/c14-7-12(18)16-6-5-10(8-16)15-13(19)9-1-3-11(4-2-9)17(20)21/h1-4,10H,5-8,14H2,(H,15,19). The lowest BCUT2D eigenvalue weighted by molar-refractivity contribution is -0.384. The maximum absolute atomic E-state index is 12.0. The molecule has 0 spiro atoms. The Morgan fingerprint density at radius 2 is 2.05 bits per heavy atom. The minimum atomic E-state index is -0.519. The van der Waals surface area contributed by atoms with Crippen LogP contribution in [-0.2, 0) is 4.79 Å². The first-order valence-electron chi connectivity index (χ1n) is 6.54. The number of nitro benzene ring substituents is 1. The number of carbonyl (C=O) groups excluding carboxylic acids is 2. The van der Waals surface area contributed by atoms with Crippen molar-refractivity contribution >= 4 is 17.5 Å². The molecule has 1 heterocycles. The van der Waals surface area contributed by atoms with Gasteiger partial charge in [0.25, 0.3) is 11.6 Å². The highest BCUT2D eigenvalue weighted by molar-refractivity contribution is 5.94. The summed E-state index contributed by atoms with van der Waals surface area (Å²) in [5.74, 6) is -0.445. The van der Waals surface area contributed by atoms with Crippen LogP contribution in [-0.4, -0.2) is 47.3 Å². The number of hydrogen-bond donors (Lipinski definition) is 2. The van der Waals surface area contributed by atoms with Crippen LogP contribution in [0.15, 0.2) is 24.3 Å². The molecule has 0 saturated carbocycles. The molecule has 1 aromatic carbocycles. The number of non-ortho nitro benzene ring substituents is 1. The van der Waals surface area contributed by atoms with Crippen molar-refractivity contribution in [3.05, 3.63) is 39.9 Å². The number of hydrogen-bond acceptors (Lipinski definition) is 5. The molecule has 1 atom stereocenters. The molecule has 112 valence electrons. The lowest BCUT2D eigenvalue weighted by Gasteiger charge is -2.16. The van der Waals surface area contributed by atoms with Gasteiger partial charge in [-0.1, -0.05) is 0 Å². The predicted molar refractivity (Wildman–Crippen MR) is 74.6 cm³/mol. The molecule has 8 nitrogen and oxygen atoms in total. The molecule has 0 aliphatic carbocycles. The number of nitro groups is 1. The van der Waals surface area contributed by atoms with Gasteiger partial charge in [0.05, 0.1) is 11.5 Å². The van der Waals surface area contributed by atoms with Gasteiger partial charge in [-0.05, 0) is 18.6 Å². The molecule has 8 heteroatoms. The Balaban J connectivity index is 1.93. The van der Waals surface area contributed by atoms with Gasteiger partial charge in [-0.2, -0.15) is 0 Å². The zero-order valence-corrected chi connectivity index (χ0v) is 11.3. The number of rotatable bonds is 4. The third-order valence-corrected chi connectivity index (χ3v) is 3.39. The van der Waals surface area contributed by atoms with E-state index in [4.69, 9.17) is 5.73 Å². The summed E-state index contributed by atoms with van der Waals surface area (Å²) in [6.45, 7) is 0.971. The summed E-state index contributed by atoms with van der Waals surface area (Å²) in [6.07, 6.45) is 0.671. The second kappa shape index (κ2) is 6.31.